The van der Waals surface area contributed by atoms with E-state index in [0.29, 0.717) is 26.3 Å². The fourth-order valence-electron chi connectivity index (χ4n) is 2.88. The number of morpholine rings is 1. The second kappa shape index (κ2) is 7.68. The zero-order valence-corrected chi connectivity index (χ0v) is 15.1. The lowest BCUT2D eigenvalue weighted by Crippen LogP contribution is -2.39. The van der Waals surface area contributed by atoms with Gasteiger partial charge in [0.05, 0.1) is 23.8 Å². The molecule has 1 amide bonds. The van der Waals surface area contributed by atoms with Gasteiger partial charge >= 0.3 is 0 Å². The molecule has 0 bridgehead atoms. The third-order valence-corrected chi connectivity index (χ3v) is 5.12. The van der Waals surface area contributed by atoms with E-state index in [2.05, 4.69) is 0 Å². The Balaban J connectivity index is 1.64. The Labute approximate surface area is 156 Å². The highest BCUT2D eigenvalue weighted by atomic mass is 32.1. The van der Waals surface area contributed by atoms with Crippen LogP contribution in [-0.2, 0) is 9.53 Å². The van der Waals surface area contributed by atoms with Crippen LogP contribution >= 0.6 is 11.3 Å². The molecule has 0 radical (unpaired) electrons. The smallest absolute Gasteiger partial charge is 0.246 e. The maximum Gasteiger partial charge on any atom is 0.246 e. The van der Waals surface area contributed by atoms with Gasteiger partial charge in [0.2, 0.25) is 5.91 Å². The fraction of sp³-hybridized carbons (Fsp3) is 0.200. The molecule has 4 rings (SSSR count). The molecule has 0 aliphatic carbocycles. The topological polar surface area (TPSA) is 47.4 Å². The van der Waals surface area contributed by atoms with E-state index in [4.69, 9.17) is 9.84 Å². The fourth-order valence-corrected chi connectivity index (χ4v) is 3.61. The first kappa shape index (κ1) is 16.8. The zero-order valence-electron chi connectivity index (χ0n) is 14.2. The molecule has 6 heteroatoms. The molecule has 26 heavy (non-hydrogen) atoms. The van der Waals surface area contributed by atoms with E-state index in [1.165, 1.54) is 0 Å². The molecule has 1 saturated heterocycles. The van der Waals surface area contributed by atoms with Gasteiger partial charge in [0.15, 0.2) is 0 Å². The summed E-state index contributed by atoms with van der Waals surface area (Å²) in [6.07, 6.45) is 5.46. The van der Waals surface area contributed by atoms with Crippen molar-refractivity contribution in [2.45, 2.75) is 0 Å². The second-order valence-corrected chi connectivity index (χ2v) is 6.91. The quantitative estimate of drug-likeness (QED) is 0.665. The predicted octanol–water partition coefficient (Wildman–Crippen LogP) is 3.47. The number of ether oxygens (including phenoxy) is 1. The van der Waals surface area contributed by atoms with Gasteiger partial charge in [0, 0.05) is 30.9 Å². The standard InChI is InChI=1S/C20H19N3O2S/c24-19(22-10-12-25-13-11-22)9-8-16-15-23(17-5-2-1-3-6-17)21-20(16)18-7-4-14-26-18/h1-9,14-15H,10-13H2/b9-8-. The average Bonchev–Trinajstić information content (AvgIpc) is 3.37. The summed E-state index contributed by atoms with van der Waals surface area (Å²) in [6.45, 7) is 2.49. The molecule has 1 aliphatic rings. The van der Waals surface area contributed by atoms with E-state index in [-0.39, 0.29) is 5.91 Å². The van der Waals surface area contributed by atoms with Gasteiger partial charge in [-0.1, -0.05) is 24.3 Å². The molecule has 3 heterocycles. The Bertz CT molecular complexity index is 895. The lowest BCUT2D eigenvalue weighted by atomic mass is 10.2. The number of thiophene rings is 1. The van der Waals surface area contributed by atoms with Gasteiger partial charge in [-0.15, -0.1) is 11.3 Å². The minimum absolute atomic E-state index is 0.0119. The highest BCUT2D eigenvalue weighted by Gasteiger charge is 2.15. The maximum atomic E-state index is 12.4. The Morgan fingerprint density at radius 3 is 2.65 bits per heavy atom. The Morgan fingerprint density at radius 1 is 1.12 bits per heavy atom. The molecular formula is C20H19N3O2S. The van der Waals surface area contributed by atoms with Crippen LogP contribution in [0.4, 0.5) is 0 Å². The molecule has 0 spiro atoms. The van der Waals surface area contributed by atoms with Crippen molar-refractivity contribution in [3.8, 4) is 16.3 Å². The highest BCUT2D eigenvalue weighted by molar-refractivity contribution is 7.13. The summed E-state index contributed by atoms with van der Waals surface area (Å²) in [4.78, 5) is 15.3. The Morgan fingerprint density at radius 2 is 1.92 bits per heavy atom. The minimum atomic E-state index is 0.0119. The third-order valence-electron chi connectivity index (χ3n) is 4.25. The van der Waals surface area contributed by atoms with Crippen LogP contribution in [0.2, 0.25) is 0 Å². The number of hydrogen-bond donors (Lipinski definition) is 0. The molecule has 1 aromatic carbocycles. The number of benzene rings is 1. The summed E-state index contributed by atoms with van der Waals surface area (Å²) in [6, 6.07) is 14.0. The van der Waals surface area contributed by atoms with Crippen molar-refractivity contribution in [2.24, 2.45) is 0 Å². The van der Waals surface area contributed by atoms with Crippen LogP contribution in [0.15, 0.2) is 60.1 Å². The van der Waals surface area contributed by atoms with Gasteiger partial charge in [-0.25, -0.2) is 4.68 Å². The second-order valence-electron chi connectivity index (χ2n) is 5.96. The average molecular weight is 365 g/mol. The van der Waals surface area contributed by atoms with Gasteiger partial charge in [0.1, 0.15) is 5.69 Å². The SMILES string of the molecule is O=C(/C=C\c1cn(-c2ccccc2)nc1-c1cccs1)N1CCOCC1. The van der Waals surface area contributed by atoms with Crippen LogP contribution in [-0.4, -0.2) is 46.9 Å². The molecular weight excluding hydrogens is 346 g/mol. The summed E-state index contributed by atoms with van der Waals surface area (Å²) in [5.41, 5.74) is 2.80. The molecule has 1 fully saturated rings. The summed E-state index contributed by atoms with van der Waals surface area (Å²) in [7, 11) is 0. The Kier molecular flexibility index (Phi) is 4.95. The minimum Gasteiger partial charge on any atom is -0.378 e. The van der Waals surface area contributed by atoms with Crippen LogP contribution in [0.25, 0.3) is 22.3 Å². The number of amides is 1. The van der Waals surface area contributed by atoms with Crippen molar-refractivity contribution in [1.29, 1.82) is 0 Å². The molecule has 1 aliphatic heterocycles. The number of carbonyl (C=O) groups is 1. The monoisotopic (exact) mass is 365 g/mol. The lowest BCUT2D eigenvalue weighted by molar-refractivity contribution is -0.129. The summed E-state index contributed by atoms with van der Waals surface area (Å²) >= 11 is 1.64. The van der Waals surface area contributed by atoms with Gasteiger partial charge in [-0.2, -0.15) is 5.10 Å². The number of hydrogen-bond acceptors (Lipinski definition) is 4. The maximum absolute atomic E-state index is 12.4. The lowest BCUT2D eigenvalue weighted by Gasteiger charge is -2.25. The van der Waals surface area contributed by atoms with Crippen molar-refractivity contribution >= 4 is 23.3 Å². The molecule has 0 saturated carbocycles. The number of para-hydroxylation sites is 1. The molecule has 0 atom stereocenters. The van der Waals surface area contributed by atoms with Crippen LogP contribution in [0.3, 0.4) is 0 Å². The van der Waals surface area contributed by atoms with Crippen molar-refractivity contribution in [2.75, 3.05) is 26.3 Å². The van der Waals surface area contributed by atoms with Gasteiger partial charge < -0.3 is 9.64 Å². The first-order valence-corrected chi connectivity index (χ1v) is 9.43. The van der Waals surface area contributed by atoms with Crippen LogP contribution in [0, 0.1) is 0 Å². The van der Waals surface area contributed by atoms with Crippen LogP contribution in [0.1, 0.15) is 5.56 Å². The summed E-state index contributed by atoms with van der Waals surface area (Å²) in [5, 5.41) is 6.78. The number of rotatable bonds is 4. The van der Waals surface area contributed by atoms with E-state index < -0.39 is 0 Å². The van der Waals surface area contributed by atoms with Crippen molar-refractivity contribution in [3.63, 3.8) is 0 Å². The van der Waals surface area contributed by atoms with E-state index in [1.807, 2.05) is 69.7 Å². The Hall–Kier alpha value is -2.70. The van der Waals surface area contributed by atoms with Crippen LogP contribution < -0.4 is 0 Å². The number of carbonyl (C=O) groups excluding carboxylic acids is 1. The first-order valence-electron chi connectivity index (χ1n) is 8.55. The summed E-state index contributed by atoms with van der Waals surface area (Å²) < 4.78 is 7.16. The molecule has 0 unspecified atom stereocenters. The van der Waals surface area contributed by atoms with Crippen molar-refractivity contribution in [1.82, 2.24) is 14.7 Å². The van der Waals surface area contributed by atoms with Crippen molar-refractivity contribution < 1.29 is 9.53 Å². The number of nitrogens with zero attached hydrogens (tertiary/aromatic N) is 3. The van der Waals surface area contributed by atoms with E-state index in [9.17, 15) is 4.79 Å². The normalized spacial score (nSPS) is 14.8. The number of aromatic nitrogens is 2. The van der Waals surface area contributed by atoms with E-state index >= 15 is 0 Å². The molecule has 2 aromatic heterocycles. The highest BCUT2D eigenvalue weighted by Crippen LogP contribution is 2.28. The van der Waals surface area contributed by atoms with Gasteiger partial charge in [-0.05, 0) is 29.7 Å². The van der Waals surface area contributed by atoms with Gasteiger partial charge in [0.25, 0.3) is 0 Å². The van der Waals surface area contributed by atoms with Crippen LogP contribution in [0.5, 0.6) is 0 Å². The molecule has 0 N–H and O–H groups in total. The van der Waals surface area contributed by atoms with Crippen molar-refractivity contribution in [3.05, 3.63) is 65.7 Å². The summed E-state index contributed by atoms with van der Waals surface area (Å²) in [5.74, 6) is 0.0119. The largest absolute Gasteiger partial charge is 0.378 e. The first-order chi connectivity index (χ1) is 12.8. The predicted molar refractivity (Wildman–Crippen MR) is 103 cm³/mol. The zero-order chi connectivity index (χ0) is 17.8. The molecule has 132 valence electrons. The van der Waals surface area contributed by atoms with E-state index in [1.54, 1.807) is 17.4 Å². The third kappa shape index (κ3) is 3.61. The van der Waals surface area contributed by atoms with E-state index in [0.717, 1.165) is 21.8 Å². The van der Waals surface area contributed by atoms with Gasteiger partial charge in [-0.3, -0.25) is 4.79 Å². The molecule has 5 nitrogen and oxygen atoms in total. The molecule has 3 aromatic rings.